The van der Waals surface area contributed by atoms with E-state index in [4.69, 9.17) is 5.11 Å². The molecule has 5 nitrogen and oxygen atoms in total. The van der Waals surface area contributed by atoms with Gasteiger partial charge in [0, 0.05) is 11.3 Å². The van der Waals surface area contributed by atoms with Gasteiger partial charge in [-0.15, -0.1) is 0 Å². The summed E-state index contributed by atoms with van der Waals surface area (Å²) in [7, 11) is -3.85. The highest BCUT2D eigenvalue weighted by Crippen LogP contribution is 2.46. The molecule has 0 atom stereocenters. The molecule has 0 aromatic heterocycles. The van der Waals surface area contributed by atoms with Crippen molar-refractivity contribution in [2.45, 2.75) is 29.4 Å². The number of aryl methyl sites for hydroxylation is 1. The molecule has 1 aliphatic rings. The summed E-state index contributed by atoms with van der Waals surface area (Å²) in [6.07, 6.45) is 3.81. The molecule has 0 spiro atoms. The van der Waals surface area contributed by atoms with Crippen LogP contribution in [-0.4, -0.2) is 37.0 Å². The second kappa shape index (κ2) is 5.58. The van der Waals surface area contributed by atoms with Crippen molar-refractivity contribution in [1.82, 2.24) is 4.72 Å². The van der Waals surface area contributed by atoms with Gasteiger partial charge in [0.05, 0.1) is 10.5 Å². The lowest BCUT2D eigenvalue weighted by molar-refractivity contribution is 0.0691. The molecule has 116 valence electrons. The molecule has 21 heavy (non-hydrogen) atoms. The van der Waals surface area contributed by atoms with E-state index in [9.17, 15) is 17.6 Å². The number of carboxylic acids is 1. The van der Waals surface area contributed by atoms with Crippen LogP contribution in [0.4, 0.5) is 4.39 Å². The van der Waals surface area contributed by atoms with Gasteiger partial charge in [-0.2, -0.15) is 11.8 Å². The molecule has 0 heterocycles. The first kappa shape index (κ1) is 16.3. The van der Waals surface area contributed by atoms with Crippen LogP contribution in [0.2, 0.25) is 0 Å². The Morgan fingerprint density at radius 1 is 1.48 bits per heavy atom. The van der Waals surface area contributed by atoms with Gasteiger partial charge in [0.15, 0.2) is 0 Å². The summed E-state index contributed by atoms with van der Waals surface area (Å²) in [5.74, 6) is -2.40. The predicted molar refractivity (Wildman–Crippen MR) is 78.8 cm³/mol. The minimum absolute atomic E-state index is 0.0127. The monoisotopic (exact) mass is 333 g/mol. The number of benzene rings is 1. The first-order valence-corrected chi connectivity index (χ1v) is 9.00. The van der Waals surface area contributed by atoms with Crippen molar-refractivity contribution in [3.63, 3.8) is 0 Å². The van der Waals surface area contributed by atoms with Crippen LogP contribution in [0.15, 0.2) is 17.0 Å². The highest BCUT2D eigenvalue weighted by atomic mass is 32.2. The highest BCUT2D eigenvalue weighted by Gasteiger charge is 2.42. The summed E-state index contributed by atoms with van der Waals surface area (Å²) in [5.41, 5.74) is -0.650. The first-order chi connectivity index (χ1) is 9.71. The van der Waals surface area contributed by atoms with E-state index in [1.165, 1.54) is 6.92 Å². The average Bonchev–Trinajstić information content (AvgIpc) is 3.20. The molecule has 0 aliphatic heterocycles. The smallest absolute Gasteiger partial charge is 0.338 e. The van der Waals surface area contributed by atoms with Crippen LogP contribution < -0.4 is 4.72 Å². The highest BCUT2D eigenvalue weighted by molar-refractivity contribution is 8.00. The zero-order valence-corrected chi connectivity index (χ0v) is 13.3. The Hall–Kier alpha value is -1.12. The van der Waals surface area contributed by atoms with Gasteiger partial charge >= 0.3 is 5.97 Å². The van der Waals surface area contributed by atoms with Crippen LogP contribution in [0.25, 0.3) is 0 Å². The summed E-state index contributed by atoms with van der Waals surface area (Å²) in [5, 5.41) is 8.93. The molecule has 0 amide bonds. The minimum Gasteiger partial charge on any atom is -0.478 e. The normalized spacial score (nSPS) is 16.7. The van der Waals surface area contributed by atoms with E-state index >= 15 is 0 Å². The van der Waals surface area contributed by atoms with E-state index in [-0.39, 0.29) is 21.8 Å². The van der Waals surface area contributed by atoms with Gasteiger partial charge in [0.1, 0.15) is 5.82 Å². The van der Waals surface area contributed by atoms with Crippen LogP contribution in [-0.2, 0) is 10.0 Å². The van der Waals surface area contributed by atoms with Gasteiger partial charge < -0.3 is 5.11 Å². The van der Waals surface area contributed by atoms with E-state index in [1.807, 2.05) is 6.26 Å². The lowest BCUT2D eigenvalue weighted by Crippen LogP contribution is -2.32. The quantitative estimate of drug-likeness (QED) is 0.832. The molecule has 1 saturated carbocycles. The van der Waals surface area contributed by atoms with E-state index in [0.29, 0.717) is 0 Å². The third-order valence-corrected chi connectivity index (χ3v) is 6.39. The van der Waals surface area contributed by atoms with Crippen LogP contribution in [0.3, 0.4) is 0 Å². The number of halogens is 1. The number of sulfonamides is 1. The fraction of sp³-hybridized carbons (Fsp3) is 0.462. The topological polar surface area (TPSA) is 83.5 Å². The SMILES string of the molecule is CSC1(CNS(=O)(=O)c2cc(C)c(F)c(C(=O)O)c2)CC1. The maximum atomic E-state index is 13.7. The van der Waals surface area contributed by atoms with E-state index in [1.54, 1.807) is 11.8 Å². The summed E-state index contributed by atoms with van der Waals surface area (Å²) in [6, 6.07) is 1.99. The Bertz CT molecular complexity index is 684. The van der Waals surface area contributed by atoms with Gasteiger partial charge in [-0.05, 0) is 43.7 Å². The molecule has 1 aliphatic carbocycles. The zero-order chi connectivity index (χ0) is 15.8. The number of nitrogens with one attached hydrogen (secondary N) is 1. The van der Waals surface area contributed by atoms with Crippen LogP contribution in [0.5, 0.6) is 0 Å². The Morgan fingerprint density at radius 3 is 2.57 bits per heavy atom. The second-order valence-corrected chi connectivity index (χ2v) is 8.16. The second-order valence-electron chi connectivity index (χ2n) is 5.12. The number of thioether (sulfide) groups is 1. The Labute approximate surface area is 127 Å². The van der Waals surface area contributed by atoms with Crippen molar-refractivity contribution in [3.8, 4) is 0 Å². The molecule has 0 radical (unpaired) electrons. The van der Waals surface area contributed by atoms with Gasteiger partial charge in [-0.3, -0.25) is 0 Å². The van der Waals surface area contributed by atoms with Crippen molar-refractivity contribution in [2.75, 3.05) is 12.8 Å². The number of aromatic carboxylic acids is 1. The number of carboxylic acid groups (broad SMARTS) is 1. The van der Waals surface area contributed by atoms with E-state index in [0.717, 1.165) is 25.0 Å². The standard InChI is InChI=1S/C13H16FNO4S2/c1-8-5-9(6-10(11(8)14)12(16)17)21(18,19)15-7-13(20-2)3-4-13/h5-6,15H,3-4,7H2,1-2H3,(H,16,17). The first-order valence-electron chi connectivity index (χ1n) is 6.29. The van der Waals surface area contributed by atoms with Gasteiger partial charge in [0.25, 0.3) is 0 Å². The number of hydrogen-bond donors (Lipinski definition) is 2. The molecule has 2 N–H and O–H groups in total. The van der Waals surface area contributed by atoms with Crippen LogP contribution in [0, 0.1) is 12.7 Å². The maximum absolute atomic E-state index is 13.7. The molecule has 0 saturated heterocycles. The van der Waals surface area contributed by atoms with Gasteiger partial charge in [-0.1, -0.05) is 0 Å². The zero-order valence-electron chi connectivity index (χ0n) is 11.6. The van der Waals surface area contributed by atoms with E-state index < -0.39 is 27.4 Å². The lowest BCUT2D eigenvalue weighted by atomic mass is 10.1. The van der Waals surface area contributed by atoms with Crippen LogP contribution >= 0.6 is 11.8 Å². The summed E-state index contributed by atoms with van der Waals surface area (Å²) in [4.78, 5) is 10.7. The molecule has 1 aromatic carbocycles. The molecule has 0 bridgehead atoms. The van der Waals surface area contributed by atoms with Gasteiger partial charge in [-0.25, -0.2) is 22.3 Å². The fourth-order valence-corrected chi connectivity index (χ4v) is 4.01. The fourth-order valence-electron chi connectivity index (χ4n) is 1.95. The summed E-state index contributed by atoms with van der Waals surface area (Å²) >= 11 is 1.61. The third kappa shape index (κ3) is 3.38. The minimum atomic E-state index is -3.85. The molecular formula is C13H16FNO4S2. The van der Waals surface area contributed by atoms with Gasteiger partial charge in [0.2, 0.25) is 10.0 Å². The molecular weight excluding hydrogens is 317 g/mol. The average molecular weight is 333 g/mol. The lowest BCUT2D eigenvalue weighted by Gasteiger charge is -2.14. The molecule has 1 fully saturated rings. The molecule has 1 aromatic rings. The van der Waals surface area contributed by atoms with Crippen molar-refractivity contribution < 1.29 is 22.7 Å². The Balaban J connectivity index is 2.30. The van der Waals surface area contributed by atoms with Crippen LogP contribution in [0.1, 0.15) is 28.8 Å². The molecule has 8 heteroatoms. The number of rotatable bonds is 6. The summed E-state index contributed by atoms with van der Waals surface area (Å²) in [6.45, 7) is 1.63. The molecule has 2 rings (SSSR count). The third-order valence-electron chi connectivity index (χ3n) is 3.59. The van der Waals surface area contributed by atoms with Crippen molar-refractivity contribution >= 4 is 27.8 Å². The van der Waals surface area contributed by atoms with E-state index in [2.05, 4.69) is 4.72 Å². The summed E-state index contributed by atoms with van der Waals surface area (Å²) < 4.78 is 40.5. The van der Waals surface area contributed by atoms with Crippen molar-refractivity contribution in [3.05, 3.63) is 29.1 Å². The largest absolute Gasteiger partial charge is 0.478 e. The predicted octanol–water partition coefficient (Wildman–Crippen LogP) is 2.01. The maximum Gasteiger partial charge on any atom is 0.338 e. The number of carbonyl (C=O) groups is 1. The van der Waals surface area contributed by atoms with Crippen molar-refractivity contribution in [2.24, 2.45) is 0 Å². The Morgan fingerprint density at radius 2 is 2.10 bits per heavy atom. The molecule has 0 unspecified atom stereocenters. The Kier molecular flexibility index (Phi) is 4.32. The number of hydrogen-bond acceptors (Lipinski definition) is 4. The van der Waals surface area contributed by atoms with Crippen molar-refractivity contribution in [1.29, 1.82) is 0 Å².